The summed E-state index contributed by atoms with van der Waals surface area (Å²) in [6.07, 6.45) is 0. The van der Waals surface area contributed by atoms with Gasteiger partial charge in [-0.1, -0.05) is 206 Å². The van der Waals surface area contributed by atoms with Gasteiger partial charge >= 0.3 is 0 Å². The van der Waals surface area contributed by atoms with Crippen LogP contribution in [0.4, 0.5) is 0 Å². The minimum atomic E-state index is -3.56. The van der Waals surface area contributed by atoms with Gasteiger partial charge in [0.25, 0.3) is 0 Å². The van der Waals surface area contributed by atoms with Crippen molar-refractivity contribution >= 4 is 159 Å². The van der Waals surface area contributed by atoms with Crippen LogP contribution in [0.15, 0.2) is 291 Å². The Bertz CT molecular complexity index is 5130. The monoisotopic (exact) mass is 1090 g/mol. The Kier molecular flexibility index (Phi) is 8.91. The van der Waals surface area contributed by atoms with Gasteiger partial charge < -0.3 is 18.3 Å². The van der Waals surface area contributed by atoms with Gasteiger partial charge in [-0.25, -0.2) is 0 Å². The zero-order valence-electron chi connectivity index (χ0n) is 46.0. The second-order valence-corrected chi connectivity index (χ2v) is 27.4. The van der Waals surface area contributed by atoms with Gasteiger partial charge in [-0.2, -0.15) is 0 Å². The van der Waals surface area contributed by atoms with Crippen LogP contribution >= 0.6 is 0 Å². The highest BCUT2D eigenvalue weighted by atomic mass is 28.3. The summed E-state index contributed by atoms with van der Waals surface area (Å²) in [4.78, 5) is 0. The summed E-state index contributed by atoms with van der Waals surface area (Å²) < 4.78 is 10.3. The highest BCUT2D eigenvalue weighted by molar-refractivity contribution is 7.20. The van der Waals surface area contributed by atoms with Crippen LogP contribution in [-0.4, -0.2) is 26.3 Å². The average Bonchev–Trinajstić information content (AvgIpc) is 1.85. The third-order valence-corrected chi connectivity index (χ3v) is 24.1. The molecule has 0 saturated heterocycles. The molecule has 85 heavy (non-hydrogen) atoms. The minimum absolute atomic E-state index is 1.13. The van der Waals surface area contributed by atoms with E-state index in [2.05, 4.69) is 309 Å². The molecule has 0 aliphatic carbocycles. The fraction of sp³-hybridized carbons (Fsp3) is 0. The van der Waals surface area contributed by atoms with Gasteiger partial charge in [0.2, 0.25) is 0 Å². The Morgan fingerprint density at radius 2 is 0.365 bits per heavy atom. The molecule has 0 fully saturated rings. The summed E-state index contributed by atoms with van der Waals surface area (Å²) in [5.74, 6) is 0. The number of rotatable bonds is 8. The smallest absolute Gasteiger partial charge is 0.179 e. The maximum atomic E-state index is 2.59. The molecule has 20 rings (SSSR count). The van der Waals surface area contributed by atoms with Crippen LogP contribution in [0, 0.1) is 0 Å². The Morgan fingerprint density at radius 1 is 0.165 bits per heavy atom. The average molecular weight is 1090 g/mol. The number of nitrogens with zero attached hydrogens (tertiary/aromatic N) is 4. The first-order valence-electron chi connectivity index (χ1n) is 29.6. The molecule has 4 nitrogen and oxygen atoms in total. The highest BCUT2D eigenvalue weighted by Gasteiger charge is 2.43. The van der Waals surface area contributed by atoms with E-state index in [0.29, 0.717) is 0 Å². The number of benzene rings is 16. The van der Waals surface area contributed by atoms with Crippen molar-refractivity contribution in [2.45, 2.75) is 0 Å². The molecular formula is C80H48N4Si. The van der Waals surface area contributed by atoms with E-state index in [9.17, 15) is 0 Å². The van der Waals surface area contributed by atoms with Crippen molar-refractivity contribution in [2.24, 2.45) is 0 Å². The number of hydrogen-bond acceptors (Lipinski definition) is 0. The van der Waals surface area contributed by atoms with E-state index in [4.69, 9.17) is 0 Å². The Hall–Kier alpha value is -11.0. The summed E-state index contributed by atoms with van der Waals surface area (Å²) in [5.41, 5.74) is 14.1. The topological polar surface area (TPSA) is 19.7 Å². The predicted octanol–water partition coefficient (Wildman–Crippen LogP) is 17.8. The Labute approximate surface area is 488 Å². The van der Waals surface area contributed by atoms with Crippen LogP contribution in [0.1, 0.15) is 0 Å². The molecule has 0 bridgehead atoms. The number of aromatic nitrogens is 4. The zero-order chi connectivity index (χ0) is 55.2. The maximum absolute atomic E-state index is 3.56. The Balaban J connectivity index is 0.990. The molecule has 0 aliphatic rings. The quantitative estimate of drug-likeness (QED) is 0.0821. The molecule has 0 spiro atoms. The van der Waals surface area contributed by atoms with Crippen LogP contribution in [0.25, 0.3) is 153 Å². The summed E-state index contributed by atoms with van der Waals surface area (Å²) in [6, 6.07) is 112. The summed E-state index contributed by atoms with van der Waals surface area (Å²) in [6.45, 7) is 0. The lowest BCUT2D eigenvalue weighted by atomic mass is 10.0. The second-order valence-electron chi connectivity index (χ2n) is 23.6. The van der Waals surface area contributed by atoms with Crippen LogP contribution in [0.5, 0.6) is 0 Å². The molecule has 0 N–H and O–H groups in total. The SMILES string of the molecule is c1ccc([Si](c2ccccc2)(c2cc(-n3c4cccc5ccc6cccc3c6c54)cc(-n3c4cccc5ccc6cccc3c6c54)c2)c2cc(-n3c4cccc5ccc6cccc3c6c54)cc(-n3c4cccc5ccc6cccc3c6c54)c2)cc1. The summed E-state index contributed by atoms with van der Waals surface area (Å²) >= 11 is 0. The largest absolute Gasteiger partial charge is 0.309 e. The van der Waals surface area contributed by atoms with E-state index in [-0.39, 0.29) is 0 Å². The molecular weight excluding hydrogens is 1040 g/mol. The van der Waals surface area contributed by atoms with Crippen molar-refractivity contribution < 1.29 is 0 Å². The van der Waals surface area contributed by atoms with Crippen LogP contribution in [-0.2, 0) is 0 Å². The van der Waals surface area contributed by atoms with Crippen molar-refractivity contribution in [3.8, 4) is 22.7 Å². The second kappa shape index (κ2) is 16.6. The van der Waals surface area contributed by atoms with E-state index in [1.165, 1.54) is 151 Å². The number of hydrogen-bond donors (Lipinski definition) is 0. The van der Waals surface area contributed by atoms with Crippen LogP contribution in [0.2, 0.25) is 0 Å². The van der Waals surface area contributed by atoms with E-state index in [1.54, 1.807) is 0 Å². The lowest BCUT2D eigenvalue weighted by molar-refractivity contribution is 1.14. The van der Waals surface area contributed by atoms with Crippen molar-refractivity contribution in [3.05, 3.63) is 291 Å². The standard InChI is InChI=1S/C80H48N4Si/c1-3-23-61(24-4-1)85(62-25-5-2-6-26-62,63-45-57(81-65-27-7-15-49-35-36-50-16-8-28-66(81)74(50)73(49)65)43-58(46-63)82-67-29-9-17-51-37-38-52-18-10-30-68(82)76(52)75(51)67)64-47-59(83-69-31-11-19-53-39-40-54-20-12-32-70(83)78(54)77(53)69)44-60(48-64)84-71-33-13-21-55-41-42-56-22-14-34-72(84)80(56)79(55)71/h1-48H. The zero-order valence-corrected chi connectivity index (χ0v) is 47.0. The molecule has 0 atom stereocenters. The molecule has 0 amide bonds. The van der Waals surface area contributed by atoms with Crippen molar-refractivity contribution in [2.75, 3.05) is 0 Å². The van der Waals surface area contributed by atoms with E-state index < -0.39 is 8.07 Å². The lowest BCUT2D eigenvalue weighted by Crippen LogP contribution is -2.75. The van der Waals surface area contributed by atoms with Crippen molar-refractivity contribution in [1.29, 1.82) is 0 Å². The van der Waals surface area contributed by atoms with Crippen molar-refractivity contribution in [3.63, 3.8) is 0 Å². The molecule has 0 saturated carbocycles. The summed E-state index contributed by atoms with van der Waals surface area (Å²) in [7, 11) is -3.56. The lowest BCUT2D eigenvalue weighted by Gasteiger charge is -2.36. The van der Waals surface area contributed by atoms with Crippen LogP contribution < -0.4 is 20.7 Å². The minimum Gasteiger partial charge on any atom is -0.309 e. The van der Waals surface area contributed by atoms with Gasteiger partial charge in [0.05, 0.1) is 44.1 Å². The first-order valence-corrected chi connectivity index (χ1v) is 31.6. The van der Waals surface area contributed by atoms with Gasteiger partial charge in [0.1, 0.15) is 0 Å². The Morgan fingerprint density at radius 3 is 0.565 bits per heavy atom. The molecule has 0 radical (unpaired) electrons. The molecule has 5 heteroatoms. The fourth-order valence-corrected chi connectivity index (χ4v) is 20.9. The van der Waals surface area contributed by atoms with Crippen molar-refractivity contribution in [1.82, 2.24) is 18.3 Å². The van der Waals surface area contributed by atoms with E-state index >= 15 is 0 Å². The molecule has 4 aromatic heterocycles. The molecule has 0 aliphatic heterocycles. The first-order chi connectivity index (χ1) is 42.2. The highest BCUT2D eigenvalue weighted by Crippen LogP contribution is 2.45. The molecule has 392 valence electrons. The maximum Gasteiger partial charge on any atom is 0.179 e. The third-order valence-electron chi connectivity index (χ3n) is 19.4. The van der Waals surface area contributed by atoms with Gasteiger partial charge in [-0.05, 0) is 149 Å². The van der Waals surface area contributed by atoms with Gasteiger partial charge in [-0.15, -0.1) is 0 Å². The van der Waals surface area contributed by atoms with E-state index in [1.807, 2.05) is 0 Å². The third kappa shape index (κ3) is 5.94. The van der Waals surface area contributed by atoms with Gasteiger partial charge in [0, 0.05) is 65.8 Å². The van der Waals surface area contributed by atoms with Gasteiger partial charge in [0.15, 0.2) is 8.07 Å². The summed E-state index contributed by atoms with van der Waals surface area (Å²) in [5, 5.41) is 25.5. The molecule has 4 heterocycles. The normalized spacial score (nSPS) is 12.7. The fourth-order valence-electron chi connectivity index (χ4n) is 16.1. The molecule has 16 aromatic carbocycles. The van der Waals surface area contributed by atoms with E-state index in [0.717, 1.165) is 22.7 Å². The van der Waals surface area contributed by atoms with Gasteiger partial charge in [-0.3, -0.25) is 0 Å². The predicted molar refractivity (Wildman–Crippen MR) is 362 cm³/mol. The molecule has 0 unspecified atom stereocenters. The molecule has 20 aromatic rings. The first kappa shape index (κ1) is 45.6. The van der Waals surface area contributed by atoms with Crippen LogP contribution in [0.3, 0.4) is 0 Å².